The summed E-state index contributed by atoms with van der Waals surface area (Å²) in [6.07, 6.45) is 3.43. The fourth-order valence-corrected chi connectivity index (χ4v) is 3.93. The zero-order chi connectivity index (χ0) is 23.7. The van der Waals surface area contributed by atoms with Crippen LogP contribution in [0, 0.1) is 0 Å². The Hall–Kier alpha value is -2.41. The number of carbonyl (C=O) groups is 3. The number of nitrogens with one attached hydrogen (secondary N) is 1. The SMILES string of the molecule is CCOC(=O)C(CCc1ccccc1)NC1CCCC(C)N(CC(=O)OC(C)(C)C)C1=O. The van der Waals surface area contributed by atoms with Crippen LogP contribution in [0.15, 0.2) is 30.3 Å². The average Bonchev–Trinajstić information content (AvgIpc) is 2.84. The molecule has 3 unspecified atom stereocenters. The average molecular weight is 447 g/mol. The Morgan fingerprint density at radius 1 is 1.19 bits per heavy atom. The van der Waals surface area contributed by atoms with Crippen molar-refractivity contribution < 1.29 is 23.9 Å². The van der Waals surface area contributed by atoms with Gasteiger partial charge in [-0.15, -0.1) is 0 Å². The van der Waals surface area contributed by atoms with Crippen LogP contribution in [0.5, 0.6) is 0 Å². The van der Waals surface area contributed by atoms with E-state index in [-0.39, 0.29) is 31.1 Å². The maximum absolute atomic E-state index is 13.4. The topological polar surface area (TPSA) is 84.9 Å². The first kappa shape index (κ1) is 25.8. The zero-order valence-corrected chi connectivity index (χ0v) is 20.1. The van der Waals surface area contributed by atoms with E-state index in [1.54, 1.807) is 32.6 Å². The smallest absolute Gasteiger partial charge is 0.326 e. The van der Waals surface area contributed by atoms with Crippen molar-refractivity contribution in [3.8, 4) is 0 Å². The maximum atomic E-state index is 13.4. The highest BCUT2D eigenvalue weighted by molar-refractivity contribution is 5.87. The van der Waals surface area contributed by atoms with Crippen LogP contribution >= 0.6 is 0 Å². The van der Waals surface area contributed by atoms with Crippen LogP contribution in [0.4, 0.5) is 0 Å². The maximum Gasteiger partial charge on any atom is 0.326 e. The first-order chi connectivity index (χ1) is 15.1. The van der Waals surface area contributed by atoms with Gasteiger partial charge >= 0.3 is 11.9 Å². The quantitative estimate of drug-likeness (QED) is 0.586. The molecule has 0 bridgehead atoms. The van der Waals surface area contributed by atoms with Gasteiger partial charge in [0, 0.05) is 6.04 Å². The van der Waals surface area contributed by atoms with Crippen LogP contribution in [-0.2, 0) is 30.3 Å². The second kappa shape index (κ2) is 12.0. The third kappa shape index (κ3) is 8.26. The number of amides is 1. The fourth-order valence-electron chi connectivity index (χ4n) is 3.93. The molecule has 1 aromatic rings. The summed E-state index contributed by atoms with van der Waals surface area (Å²) in [7, 11) is 0. The minimum atomic E-state index is -0.612. The van der Waals surface area contributed by atoms with Crippen molar-refractivity contribution in [2.75, 3.05) is 13.2 Å². The standard InChI is InChI=1S/C25H38N2O5/c1-6-31-24(30)21(16-15-19-12-8-7-9-13-19)26-20-14-10-11-18(2)27(23(20)29)17-22(28)32-25(3,4)5/h7-9,12-13,18,20-21,26H,6,10-11,14-17H2,1-5H3. The van der Waals surface area contributed by atoms with E-state index in [2.05, 4.69) is 5.32 Å². The van der Waals surface area contributed by atoms with Crippen LogP contribution in [0.1, 0.15) is 65.9 Å². The molecule has 1 aliphatic heterocycles. The molecule has 1 fully saturated rings. The van der Waals surface area contributed by atoms with E-state index in [1.165, 1.54) is 0 Å². The van der Waals surface area contributed by atoms with Gasteiger partial charge < -0.3 is 14.4 Å². The number of hydrogen-bond acceptors (Lipinski definition) is 6. The normalized spacial score (nSPS) is 20.4. The lowest BCUT2D eigenvalue weighted by Gasteiger charge is -2.31. The monoisotopic (exact) mass is 446 g/mol. The molecule has 1 N–H and O–H groups in total. The fraction of sp³-hybridized carbons (Fsp3) is 0.640. The van der Waals surface area contributed by atoms with Crippen LogP contribution in [0.25, 0.3) is 0 Å². The second-order valence-corrected chi connectivity index (χ2v) is 9.38. The molecule has 1 aromatic carbocycles. The van der Waals surface area contributed by atoms with E-state index in [1.807, 2.05) is 37.3 Å². The van der Waals surface area contributed by atoms with E-state index in [9.17, 15) is 14.4 Å². The van der Waals surface area contributed by atoms with Gasteiger partial charge in [-0.2, -0.15) is 0 Å². The lowest BCUT2D eigenvalue weighted by Crippen LogP contribution is -2.54. The van der Waals surface area contributed by atoms with Crippen LogP contribution in [0.2, 0.25) is 0 Å². The van der Waals surface area contributed by atoms with Crippen molar-refractivity contribution in [3.05, 3.63) is 35.9 Å². The molecule has 7 nitrogen and oxygen atoms in total. The van der Waals surface area contributed by atoms with Crippen molar-refractivity contribution in [3.63, 3.8) is 0 Å². The number of likely N-dealkylation sites (tertiary alicyclic amines) is 1. The summed E-state index contributed by atoms with van der Waals surface area (Å²) in [5.41, 5.74) is 0.509. The van der Waals surface area contributed by atoms with Gasteiger partial charge in [0.05, 0.1) is 12.6 Å². The molecule has 1 heterocycles. The zero-order valence-electron chi connectivity index (χ0n) is 20.1. The number of benzene rings is 1. The highest BCUT2D eigenvalue weighted by Crippen LogP contribution is 2.20. The van der Waals surface area contributed by atoms with Crippen LogP contribution in [0.3, 0.4) is 0 Å². The number of carbonyl (C=O) groups excluding carboxylic acids is 3. The van der Waals surface area contributed by atoms with Gasteiger partial charge in [0.2, 0.25) is 5.91 Å². The number of aryl methyl sites for hydroxylation is 1. The predicted molar refractivity (Wildman–Crippen MR) is 123 cm³/mol. The molecular weight excluding hydrogens is 408 g/mol. The number of hydrogen-bond donors (Lipinski definition) is 1. The van der Waals surface area contributed by atoms with Crippen LogP contribution in [-0.4, -0.2) is 59.6 Å². The second-order valence-electron chi connectivity index (χ2n) is 9.38. The summed E-state index contributed by atoms with van der Waals surface area (Å²) < 4.78 is 10.7. The third-order valence-corrected chi connectivity index (χ3v) is 5.49. The van der Waals surface area contributed by atoms with Gasteiger partial charge in [0.1, 0.15) is 18.2 Å². The lowest BCUT2D eigenvalue weighted by atomic mass is 10.0. The van der Waals surface area contributed by atoms with E-state index < -0.39 is 23.7 Å². The number of esters is 2. The highest BCUT2D eigenvalue weighted by Gasteiger charge is 2.35. The third-order valence-electron chi connectivity index (χ3n) is 5.49. The van der Waals surface area contributed by atoms with Gasteiger partial charge in [0.25, 0.3) is 0 Å². The summed E-state index contributed by atoms with van der Waals surface area (Å²) in [5, 5.41) is 3.25. The van der Waals surface area contributed by atoms with Gasteiger partial charge in [-0.05, 0) is 72.3 Å². The van der Waals surface area contributed by atoms with Crippen molar-refractivity contribution in [1.82, 2.24) is 10.2 Å². The minimum absolute atomic E-state index is 0.0767. The molecule has 0 aliphatic carbocycles. The summed E-state index contributed by atoms with van der Waals surface area (Å²) >= 11 is 0. The van der Waals surface area contributed by atoms with E-state index >= 15 is 0 Å². The first-order valence-electron chi connectivity index (χ1n) is 11.6. The molecule has 32 heavy (non-hydrogen) atoms. The number of ether oxygens (including phenoxy) is 2. The molecule has 1 aliphatic rings. The molecule has 1 amide bonds. The number of rotatable bonds is 9. The Morgan fingerprint density at radius 3 is 2.50 bits per heavy atom. The molecule has 0 spiro atoms. The Kier molecular flexibility index (Phi) is 9.69. The Bertz CT molecular complexity index is 759. The molecule has 178 valence electrons. The Morgan fingerprint density at radius 2 is 1.88 bits per heavy atom. The molecular formula is C25H38N2O5. The summed E-state index contributed by atoms with van der Waals surface area (Å²) in [6, 6.07) is 8.70. The van der Waals surface area contributed by atoms with E-state index in [0.29, 0.717) is 19.3 Å². The Balaban J connectivity index is 2.11. The molecule has 0 aromatic heterocycles. The Labute approximate surface area is 191 Å². The molecule has 3 atom stereocenters. The summed E-state index contributed by atoms with van der Waals surface area (Å²) in [5.74, 6) is -0.952. The van der Waals surface area contributed by atoms with Gasteiger partial charge in [0.15, 0.2) is 0 Å². The largest absolute Gasteiger partial charge is 0.465 e. The molecule has 2 rings (SSSR count). The molecule has 0 radical (unpaired) electrons. The van der Waals surface area contributed by atoms with Gasteiger partial charge in [-0.25, -0.2) is 0 Å². The number of nitrogens with zero attached hydrogens (tertiary/aromatic N) is 1. The van der Waals surface area contributed by atoms with Crippen LogP contribution < -0.4 is 5.32 Å². The predicted octanol–water partition coefficient (Wildman–Crippen LogP) is 3.25. The molecule has 1 saturated heterocycles. The van der Waals surface area contributed by atoms with Crippen molar-refractivity contribution in [2.45, 2.75) is 90.4 Å². The van der Waals surface area contributed by atoms with E-state index in [0.717, 1.165) is 18.4 Å². The minimum Gasteiger partial charge on any atom is -0.465 e. The lowest BCUT2D eigenvalue weighted by molar-refractivity contribution is -0.160. The highest BCUT2D eigenvalue weighted by atomic mass is 16.6. The first-order valence-corrected chi connectivity index (χ1v) is 11.6. The summed E-state index contributed by atoms with van der Waals surface area (Å²) in [4.78, 5) is 40.0. The van der Waals surface area contributed by atoms with Crippen molar-refractivity contribution in [2.24, 2.45) is 0 Å². The summed E-state index contributed by atoms with van der Waals surface area (Å²) in [6.45, 7) is 9.32. The van der Waals surface area contributed by atoms with Gasteiger partial charge in [-0.1, -0.05) is 30.3 Å². The van der Waals surface area contributed by atoms with Gasteiger partial charge in [-0.3, -0.25) is 19.7 Å². The molecule has 0 saturated carbocycles. The van der Waals surface area contributed by atoms with Crippen molar-refractivity contribution >= 4 is 17.8 Å². The van der Waals surface area contributed by atoms with Crippen molar-refractivity contribution in [1.29, 1.82) is 0 Å². The van der Waals surface area contributed by atoms with E-state index in [4.69, 9.17) is 9.47 Å². The molecule has 7 heteroatoms.